The van der Waals surface area contributed by atoms with Crippen LogP contribution in [0.15, 0.2) is 73.2 Å². The lowest BCUT2D eigenvalue weighted by Gasteiger charge is -2.39. The normalized spacial score (nSPS) is 18.9. The van der Waals surface area contributed by atoms with E-state index in [9.17, 15) is 18.4 Å². The fourth-order valence-corrected chi connectivity index (χ4v) is 5.29. The van der Waals surface area contributed by atoms with Gasteiger partial charge in [0, 0.05) is 56.3 Å². The van der Waals surface area contributed by atoms with Gasteiger partial charge in [-0.1, -0.05) is 23.7 Å². The number of carbonyl (C=O) groups is 2. The highest BCUT2D eigenvalue weighted by Gasteiger charge is 2.34. The predicted molar refractivity (Wildman–Crippen MR) is 155 cm³/mol. The van der Waals surface area contributed by atoms with Crippen LogP contribution in [-0.4, -0.2) is 53.6 Å². The summed E-state index contributed by atoms with van der Waals surface area (Å²) in [5.74, 6) is -1.16. The van der Waals surface area contributed by atoms with Crippen molar-refractivity contribution in [3.05, 3.63) is 101 Å². The number of nitrogens with one attached hydrogen (secondary N) is 2. The molecule has 0 radical (unpaired) electrons. The van der Waals surface area contributed by atoms with Crippen LogP contribution in [-0.2, 0) is 11.3 Å². The lowest BCUT2D eigenvalue weighted by molar-refractivity contribution is -0.123. The van der Waals surface area contributed by atoms with Gasteiger partial charge in [0.2, 0.25) is 0 Å². The first-order chi connectivity index (χ1) is 20.8. The highest BCUT2D eigenvalue weighted by Crippen LogP contribution is 2.28. The number of hydrogen-bond donors (Lipinski definition) is 2. The molecule has 4 heterocycles. The van der Waals surface area contributed by atoms with Crippen LogP contribution in [0.4, 0.5) is 14.6 Å². The van der Waals surface area contributed by atoms with E-state index in [1.807, 2.05) is 6.07 Å². The van der Waals surface area contributed by atoms with Crippen molar-refractivity contribution in [3.63, 3.8) is 0 Å². The highest BCUT2D eigenvalue weighted by atomic mass is 35.5. The smallest absolute Gasteiger partial charge is 0.258 e. The maximum Gasteiger partial charge on any atom is 0.258 e. The molecule has 6 rings (SSSR count). The van der Waals surface area contributed by atoms with E-state index >= 15 is 0 Å². The van der Waals surface area contributed by atoms with E-state index < -0.39 is 29.7 Å². The van der Waals surface area contributed by atoms with Crippen molar-refractivity contribution >= 4 is 29.2 Å². The largest absolute Gasteiger partial charge is 0.488 e. The Morgan fingerprint density at radius 1 is 0.953 bits per heavy atom. The molecule has 220 valence electrons. The summed E-state index contributed by atoms with van der Waals surface area (Å²) in [4.78, 5) is 36.2. The molecule has 1 fully saturated rings. The molecule has 6 bridgehead atoms. The third-order valence-corrected chi connectivity index (χ3v) is 7.41. The lowest BCUT2D eigenvalue weighted by atomic mass is 10.0. The Hall–Kier alpha value is -4.77. The number of nitrogens with zero attached hydrogens (tertiary/aromatic N) is 3. The van der Waals surface area contributed by atoms with Gasteiger partial charge in [0.05, 0.1) is 16.6 Å². The maximum absolute atomic E-state index is 14.8. The van der Waals surface area contributed by atoms with E-state index in [0.29, 0.717) is 35.4 Å². The first-order valence-electron chi connectivity index (χ1n) is 13.6. The second-order valence-corrected chi connectivity index (χ2v) is 10.7. The standard InChI is InChI=1S/C31H26ClF2N5O4/c32-22-10-26(34)30(37-15-22)39-5-4-28-27(16-39)38-31(41)21-8-20(13-35-14-21)19-2-1-3-24(9-19)42-17-29(40)36-12-18-6-23(33)11-25(7-18)43-28/h1-3,6-11,13-15,27-28H,4-5,12,16-17H2,(H,36,40)(H,38,41)/t27-,28+/m1/s1. The van der Waals surface area contributed by atoms with Gasteiger partial charge in [-0.05, 0) is 47.5 Å². The van der Waals surface area contributed by atoms with Crippen molar-refractivity contribution in [1.82, 2.24) is 20.6 Å². The van der Waals surface area contributed by atoms with E-state index in [1.165, 1.54) is 30.6 Å². The molecule has 2 N–H and O–H groups in total. The monoisotopic (exact) mass is 605 g/mol. The Kier molecular flexibility index (Phi) is 8.06. The number of fused-ring (bicyclic) bond motifs is 8. The fourth-order valence-electron chi connectivity index (χ4n) is 5.15. The number of amides is 2. The zero-order valence-corrected chi connectivity index (χ0v) is 23.5. The van der Waals surface area contributed by atoms with Crippen LogP contribution < -0.4 is 25.0 Å². The third-order valence-electron chi connectivity index (χ3n) is 7.20. The summed E-state index contributed by atoms with van der Waals surface area (Å²) in [6.45, 7) is 0.320. The molecule has 4 aromatic rings. The number of halogens is 3. The number of aromatic nitrogens is 2. The number of carbonyl (C=O) groups excluding carboxylic acids is 2. The maximum atomic E-state index is 14.8. The molecule has 43 heavy (non-hydrogen) atoms. The van der Waals surface area contributed by atoms with Crippen molar-refractivity contribution in [2.24, 2.45) is 0 Å². The Bertz CT molecular complexity index is 1690. The molecule has 2 atom stereocenters. The Morgan fingerprint density at radius 3 is 2.67 bits per heavy atom. The summed E-state index contributed by atoms with van der Waals surface area (Å²) < 4.78 is 41.3. The predicted octanol–water partition coefficient (Wildman–Crippen LogP) is 4.54. The Morgan fingerprint density at radius 2 is 1.81 bits per heavy atom. The number of piperidine rings is 1. The van der Waals surface area contributed by atoms with Crippen LogP contribution in [0.2, 0.25) is 5.02 Å². The van der Waals surface area contributed by atoms with E-state index in [0.717, 1.165) is 5.56 Å². The van der Waals surface area contributed by atoms with Gasteiger partial charge in [-0.2, -0.15) is 0 Å². The molecule has 2 amide bonds. The zero-order chi connectivity index (χ0) is 29.9. The van der Waals surface area contributed by atoms with Crippen LogP contribution in [0.1, 0.15) is 22.3 Å². The molecule has 2 aliphatic rings. The summed E-state index contributed by atoms with van der Waals surface area (Å²) in [5.41, 5.74) is 2.17. The first kappa shape index (κ1) is 28.4. The molecule has 2 aromatic heterocycles. The number of pyridine rings is 2. The molecule has 9 nitrogen and oxygen atoms in total. The van der Waals surface area contributed by atoms with Crippen LogP contribution in [0.3, 0.4) is 0 Å². The number of anilines is 1. The van der Waals surface area contributed by atoms with Gasteiger partial charge in [-0.3, -0.25) is 14.6 Å². The molecule has 2 aliphatic heterocycles. The van der Waals surface area contributed by atoms with E-state index in [2.05, 4.69) is 20.6 Å². The first-order valence-corrected chi connectivity index (χ1v) is 14.0. The second-order valence-electron chi connectivity index (χ2n) is 10.3. The molecule has 0 aliphatic carbocycles. The van der Waals surface area contributed by atoms with Gasteiger partial charge in [-0.15, -0.1) is 0 Å². The third kappa shape index (κ3) is 6.67. The fraction of sp³-hybridized carbons (Fsp3) is 0.226. The molecule has 0 saturated carbocycles. The number of ether oxygens (including phenoxy) is 2. The van der Waals surface area contributed by atoms with Crippen molar-refractivity contribution in [3.8, 4) is 22.6 Å². The van der Waals surface area contributed by atoms with E-state index in [-0.39, 0.29) is 42.2 Å². The average molecular weight is 606 g/mol. The van der Waals surface area contributed by atoms with Crippen molar-refractivity contribution in [2.75, 3.05) is 24.6 Å². The number of benzene rings is 2. The van der Waals surface area contributed by atoms with Crippen molar-refractivity contribution < 1.29 is 27.8 Å². The van der Waals surface area contributed by atoms with Crippen LogP contribution >= 0.6 is 11.6 Å². The lowest BCUT2D eigenvalue weighted by Crippen LogP contribution is -2.57. The molecule has 12 heteroatoms. The van der Waals surface area contributed by atoms with Crippen molar-refractivity contribution in [1.29, 1.82) is 0 Å². The van der Waals surface area contributed by atoms with Crippen LogP contribution in [0.25, 0.3) is 11.1 Å². The van der Waals surface area contributed by atoms with Gasteiger partial charge >= 0.3 is 0 Å². The summed E-state index contributed by atoms with van der Waals surface area (Å²) in [5, 5.41) is 5.91. The molecular formula is C31H26ClF2N5O4. The summed E-state index contributed by atoms with van der Waals surface area (Å²) in [6.07, 6.45) is 4.19. The zero-order valence-electron chi connectivity index (χ0n) is 22.7. The van der Waals surface area contributed by atoms with Gasteiger partial charge in [0.1, 0.15) is 23.4 Å². The van der Waals surface area contributed by atoms with Gasteiger partial charge in [0.25, 0.3) is 11.8 Å². The van der Waals surface area contributed by atoms with Gasteiger partial charge in [-0.25, -0.2) is 13.8 Å². The van der Waals surface area contributed by atoms with Crippen molar-refractivity contribution in [2.45, 2.75) is 25.1 Å². The number of rotatable bonds is 1. The summed E-state index contributed by atoms with van der Waals surface area (Å²) in [6, 6.07) is 13.5. The van der Waals surface area contributed by atoms with E-state index in [4.69, 9.17) is 21.1 Å². The Balaban J connectivity index is 1.36. The minimum atomic E-state index is -0.646. The van der Waals surface area contributed by atoms with E-state index in [1.54, 1.807) is 41.4 Å². The molecular weight excluding hydrogens is 580 g/mol. The topological polar surface area (TPSA) is 106 Å². The van der Waals surface area contributed by atoms with Crippen LogP contribution in [0, 0.1) is 11.6 Å². The quantitative estimate of drug-likeness (QED) is 0.328. The van der Waals surface area contributed by atoms with Crippen LogP contribution in [0.5, 0.6) is 11.5 Å². The SMILES string of the molecule is O=C1COc2cccc(c2)-c2cncc(c2)C(=O)N[C@@H]2CN(c3ncc(Cl)cc3F)CC[C@@H]2Oc2cc(F)cc(c2)CN1. The summed E-state index contributed by atoms with van der Waals surface area (Å²) in [7, 11) is 0. The summed E-state index contributed by atoms with van der Waals surface area (Å²) >= 11 is 5.90. The molecule has 0 spiro atoms. The molecule has 2 aromatic carbocycles. The molecule has 1 saturated heterocycles. The highest BCUT2D eigenvalue weighted by molar-refractivity contribution is 6.30. The number of hydrogen-bond acceptors (Lipinski definition) is 7. The van der Waals surface area contributed by atoms with Gasteiger partial charge in [0.15, 0.2) is 18.2 Å². The minimum absolute atomic E-state index is 0.0496. The second kappa shape index (κ2) is 12.2. The Labute approximate surface area is 250 Å². The molecule has 0 unspecified atom stereocenters. The average Bonchev–Trinajstić information content (AvgIpc) is 2.99. The van der Waals surface area contributed by atoms with Gasteiger partial charge < -0.3 is 25.0 Å². The minimum Gasteiger partial charge on any atom is -0.488 e.